The summed E-state index contributed by atoms with van der Waals surface area (Å²) in [6.07, 6.45) is 4.33. The van der Waals surface area contributed by atoms with Gasteiger partial charge in [-0.05, 0) is 62.2 Å². The van der Waals surface area contributed by atoms with Crippen LogP contribution in [0.5, 0.6) is 5.75 Å². The van der Waals surface area contributed by atoms with Crippen LogP contribution in [0.15, 0.2) is 48.5 Å². The second-order valence-corrected chi connectivity index (χ2v) is 7.67. The Morgan fingerprint density at radius 3 is 2.40 bits per heavy atom. The van der Waals surface area contributed by atoms with Gasteiger partial charge in [0.2, 0.25) is 0 Å². The maximum Gasteiger partial charge on any atom is 0.255 e. The van der Waals surface area contributed by atoms with E-state index in [-0.39, 0.29) is 17.9 Å². The van der Waals surface area contributed by atoms with Gasteiger partial charge in [-0.25, -0.2) is 0 Å². The molecule has 0 unspecified atom stereocenters. The number of hydrogen-bond donors (Lipinski definition) is 2. The maximum absolute atomic E-state index is 12.9. The zero-order chi connectivity index (χ0) is 21.3. The number of methoxy groups -OCH3 is 1. The van der Waals surface area contributed by atoms with E-state index in [9.17, 15) is 9.59 Å². The molecule has 1 aliphatic rings. The predicted octanol–water partition coefficient (Wildman–Crippen LogP) is 3.94. The Morgan fingerprint density at radius 1 is 1.03 bits per heavy atom. The largest absolute Gasteiger partial charge is 0.497 e. The third-order valence-corrected chi connectivity index (χ3v) is 5.52. The number of para-hydroxylation sites is 1. The van der Waals surface area contributed by atoms with Crippen molar-refractivity contribution in [3.05, 3.63) is 59.7 Å². The molecule has 1 saturated heterocycles. The summed E-state index contributed by atoms with van der Waals surface area (Å²) < 4.78 is 5.13. The lowest BCUT2D eigenvalue weighted by molar-refractivity contribution is 0.0911. The number of rotatable bonds is 8. The molecule has 2 aromatic rings. The second kappa shape index (κ2) is 10.8. The summed E-state index contributed by atoms with van der Waals surface area (Å²) in [6.45, 7) is 5.37. The maximum atomic E-state index is 12.9. The molecular weight excluding hydrogens is 378 g/mol. The molecule has 30 heavy (non-hydrogen) atoms. The number of anilines is 1. The Labute approximate surface area is 178 Å². The van der Waals surface area contributed by atoms with Gasteiger partial charge in [-0.3, -0.25) is 9.59 Å². The molecule has 0 saturated carbocycles. The van der Waals surface area contributed by atoms with E-state index in [1.54, 1.807) is 43.5 Å². The lowest BCUT2D eigenvalue weighted by Gasteiger charge is -2.32. The van der Waals surface area contributed by atoms with Crippen LogP contribution in [0.4, 0.5) is 5.69 Å². The van der Waals surface area contributed by atoms with Gasteiger partial charge in [0.25, 0.3) is 11.8 Å². The van der Waals surface area contributed by atoms with Crippen molar-refractivity contribution in [3.8, 4) is 5.75 Å². The van der Waals surface area contributed by atoms with Crippen LogP contribution < -0.4 is 15.4 Å². The standard InChI is InChI=1S/C24H31N3O3/c1-3-4-15-27-16-13-19(14-17-27)25-24(29)21-7-5-6-8-22(21)26-23(28)18-9-11-20(30-2)12-10-18/h5-12,19H,3-4,13-17H2,1-2H3,(H,25,29)(H,26,28). The number of unbranched alkanes of at least 4 members (excludes halogenated alkanes) is 1. The van der Waals surface area contributed by atoms with Crippen molar-refractivity contribution < 1.29 is 14.3 Å². The third kappa shape index (κ3) is 5.83. The van der Waals surface area contributed by atoms with Crippen LogP contribution in [0.3, 0.4) is 0 Å². The molecular formula is C24H31N3O3. The van der Waals surface area contributed by atoms with Gasteiger partial charge in [-0.1, -0.05) is 25.5 Å². The molecule has 6 heteroatoms. The van der Waals surface area contributed by atoms with E-state index in [2.05, 4.69) is 22.5 Å². The number of carbonyl (C=O) groups excluding carboxylic acids is 2. The van der Waals surface area contributed by atoms with Gasteiger partial charge >= 0.3 is 0 Å². The first-order valence-electron chi connectivity index (χ1n) is 10.7. The first kappa shape index (κ1) is 21.8. The molecule has 0 bridgehead atoms. The molecule has 1 aliphatic heterocycles. The summed E-state index contributed by atoms with van der Waals surface area (Å²) in [6, 6.07) is 14.2. The number of nitrogens with one attached hydrogen (secondary N) is 2. The van der Waals surface area contributed by atoms with Crippen molar-refractivity contribution in [2.45, 2.75) is 38.6 Å². The molecule has 1 fully saturated rings. The second-order valence-electron chi connectivity index (χ2n) is 7.67. The lowest BCUT2D eigenvalue weighted by Crippen LogP contribution is -2.45. The van der Waals surface area contributed by atoms with Gasteiger partial charge in [-0.2, -0.15) is 0 Å². The summed E-state index contributed by atoms with van der Waals surface area (Å²) in [4.78, 5) is 28.0. The zero-order valence-corrected chi connectivity index (χ0v) is 17.8. The Hall–Kier alpha value is -2.86. The Morgan fingerprint density at radius 2 is 1.73 bits per heavy atom. The summed E-state index contributed by atoms with van der Waals surface area (Å²) >= 11 is 0. The minimum atomic E-state index is -0.262. The van der Waals surface area contributed by atoms with E-state index in [1.165, 1.54) is 12.8 Å². The average Bonchev–Trinajstić information content (AvgIpc) is 2.79. The van der Waals surface area contributed by atoms with Crippen LogP contribution in [-0.2, 0) is 0 Å². The molecule has 2 aromatic carbocycles. The molecule has 0 spiro atoms. The molecule has 3 rings (SSSR count). The SMILES string of the molecule is CCCCN1CCC(NC(=O)c2ccccc2NC(=O)c2ccc(OC)cc2)CC1. The molecule has 0 radical (unpaired) electrons. The van der Waals surface area contributed by atoms with E-state index in [0.717, 1.165) is 32.5 Å². The predicted molar refractivity (Wildman–Crippen MR) is 119 cm³/mol. The van der Waals surface area contributed by atoms with Crippen molar-refractivity contribution in [2.24, 2.45) is 0 Å². The van der Waals surface area contributed by atoms with Crippen molar-refractivity contribution >= 4 is 17.5 Å². The topological polar surface area (TPSA) is 70.7 Å². The number of ether oxygens (including phenoxy) is 1. The lowest BCUT2D eigenvalue weighted by atomic mass is 10.0. The van der Waals surface area contributed by atoms with Gasteiger partial charge in [-0.15, -0.1) is 0 Å². The van der Waals surface area contributed by atoms with E-state index in [1.807, 2.05) is 12.1 Å². The van der Waals surface area contributed by atoms with Crippen LogP contribution in [0.1, 0.15) is 53.3 Å². The van der Waals surface area contributed by atoms with E-state index < -0.39 is 0 Å². The van der Waals surface area contributed by atoms with Crippen molar-refractivity contribution in [2.75, 3.05) is 32.1 Å². The van der Waals surface area contributed by atoms with Crippen molar-refractivity contribution in [3.63, 3.8) is 0 Å². The number of amides is 2. The summed E-state index contributed by atoms with van der Waals surface area (Å²) in [5.41, 5.74) is 1.49. The van der Waals surface area contributed by atoms with E-state index >= 15 is 0 Å². The molecule has 2 N–H and O–H groups in total. The molecule has 160 valence electrons. The minimum Gasteiger partial charge on any atom is -0.497 e. The highest BCUT2D eigenvalue weighted by Crippen LogP contribution is 2.19. The highest BCUT2D eigenvalue weighted by atomic mass is 16.5. The number of carbonyl (C=O) groups is 2. The van der Waals surface area contributed by atoms with Gasteiger partial charge in [0.1, 0.15) is 5.75 Å². The fourth-order valence-corrected chi connectivity index (χ4v) is 3.67. The summed E-state index contributed by atoms with van der Waals surface area (Å²) in [7, 11) is 1.58. The normalized spacial score (nSPS) is 14.9. The van der Waals surface area contributed by atoms with Crippen LogP contribution in [0, 0.1) is 0 Å². The Kier molecular flexibility index (Phi) is 7.85. The van der Waals surface area contributed by atoms with Gasteiger partial charge in [0.05, 0.1) is 18.4 Å². The van der Waals surface area contributed by atoms with E-state index in [0.29, 0.717) is 22.6 Å². The van der Waals surface area contributed by atoms with Crippen LogP contribution in [0.25, 0.3) is 0 Å². The molecule has 0 atom stereocenters. The van der Waals surface area contributed by atoms with Gasteiger partial charge < -0.3 is 20.3 Å². The average molecular weight is 410 g/mol. The van der Waals surface area contributed by atoms with Crippen LogP contribution in [0.2, 0.25) is 0 Å². The highest BCUT2D eigenvalue weighted by molar-refractivity contribution is 6.09. The number of likely N-dealkylation sites (tertiary alicyclic amines) is 1. The zero-order valence-electron chi connectivity index (χ0n) is 17.8. The van der Waals surface area contributed by atoms with Crippen molar-refractivity contribution in [1.29, 1.82) is 0 Å². The Bertz CT molecular complexity index is 843. The fraction of sp³-hybridized carbons (Fsp3) is 0.417. The third-order valence-electron chi connectivity index (χ3n) is 5.52. The molecule has 0 aliphatic carbocycles. The minimum absolute atomic E-state index is 0.146. The van der Waals surface area contributed by atoms with E-state index in [4.69, 9.17) is 4.74 Å². The number of hydrogen-bond acceptors (Lipinski definition) is 4. The number of benzene rings is 2. The van der Waals surface area contributed by atoms with Crippen LogP contribution in [-0.4, -0.2) is 49.5 Å². The van der Waals surface area contributed by atoms with Gasteiger partial charge in [0, 0.05) is 24.7 Å². The van der Waals surface area contributed by atoms with Crippen LogP contribution >= 0.6 is 0 Å². The molecule has 6 nitrogen and oxygen atoms in total. The number of nitrogens with zero attached hydrogens (tertiary/aromatic N) is 1. The fourth-order valence-electron chi connectivity index (χ4n) is 3.67. The van der Waals surface area contributed by atoms with Crippen molar-refractivity contribution in [1.82, 2.24) is 10.2 Å². The first-order valence-corrected chi connectivity index (χ1v) is 10.7. The monoisotopic (exact) mass is 409 g/mol. The smallest absolute Gasteiger partial charge is 0.255 e. The molecule has 2 amide bonds. The summed E-state index contributed by atoms with van der Waals surface area (Å²) in [5.74, 6) is 0.279. The number of piperidine rings is 1. The van der Waals surface area contributed by atoms with Gasteiger partial charge in [0.15, 0.2) is 0 Å². The molecule has 1 heterocycles. The Balaban J connectivity index is 1.60. The molecule has 0 aromatic heterocycles. The highest BCUT2D eigenvalue weighted by Gasteiger charge is 2.22. The quantitative estimate of drug-likeness (QED) is 0.693. The summed E-state index contributed by atoms with van der Waals surface area (Å²) in [5, 5.41) is 6.01. The first-order chi connectivity index (χ1) is 14.6.